The average molecular weight is 234 g/mol. The summed E-state index contributed by atoms with van der Waals surface area (Å²) in [6.45, 7) is 0. The molecule has 0 atom stereocenters. The maximum absolute atomic E-state index is 9.98. The lowest BCUT2D eigenvalue weighted by atomic mass is 9.94. The van der Waals surface area contributed by atoms with Crippen molar-refractivity contribution in [1.82, 2.24) is 0 Å². The molecule has 2 heteroatoms. The normalized spacial score (nSPS) is 11.8. The minimum atomic E-state index is -0.0686. The van der Waals surface area contributed by atoms with E-state index in [9.17, 15) is 10.2 Å². The van der Waals surface area contributed by atoms with Crippen molar-refractivity contribution in [3.63, 3.8) is 0 Å². The third-order valence-electron chi connectivity index (χ3n) is 3.60. The summed E-state index contributed by atoms with van der Waals surface area (Å²) in [5, 5.41) is 25.8. The molecule has 86 valence electrons. The summed E-state index contributed by atoms with van der Waals surface area (Å²) in [7, 11) is 0. The molecular formula is C16H10O2. The quantitative estimate of drug-likeness (QED) is 0.356. The highest BCUT2D eigenvalue weighted by atomic mass is 16.3. The fraction of sp³-hybridized carbons (Fsp3) is 0. The molecule has 0 saturated carbocycles. The summed E-state index contributed by atoms with van der Waals surface area (Å²) in [4.78, 5) is 0. The zero-order valence-corrected chi connectivity index (χ0v) is 9.51. The molecule has 2 nitrogen and oxygen atoms in total. The first-order valence-corrected chi connectivity index (χ1v) is 5.84. The van der Waals surface area contributed by atoms with Gasteiger partial charge in [-0.2, -0.15) is 0 Å². The van der Waals surface area contributed by atoms with E-state index in [-0.39, 0.29) is 11.5 Å². The van der Waals surface area contributed by atoms with Gasteiger partial charge in [0.2, 0.25) is 0 Å². The molecule has 0 radical (unpaired) electrons. The number of hydrogen-bond acceptors (Lipinski definition) is 2. The molecule has 2 N–H and O–H groups in total. The molecule has 0 amide bonds. The third-order valence-corrected chi connectivity index (χ3v) is 3.60. The number of hydrogen-bond donors (Lipinski definition) is 2. The Labute approximate surface area is 103 Å². The SMILES string of the molecule is Oc1cc2ccc3cccc4ccc(c1O)c2c34. The number of benzene rings is 4. The highest BCUT2D eigenvalue weighted by Crippen LogP contribution is 2.42. The van der Waals surface area contributed by atoms with Gasteiger partial charge in [0, 0.05) is 10.8 Å². The Morgan fingerprint density at radius 3 is 2.11 bits per heavy atom. The fourth-order valence-corrected chi connectivity index (χ4v) is 2.78. The molecule has 0 unspecified atom stereocenters. The van der Waals surface area contributed by atoms with Crippen LogP contribution in [0.5, 0.6) is 11.5 Å². The minimum absolute atomic E-state index is 0.0410. The van der Waals surface area contributed by atoms with Crippen LogP contribution in [0.1, 0.15) is 0 Å². The molecule has 4 aromatic rings. The maximum Gasteiger partial charge on any atom is 0.165 e. The summed E-state index contributed by atoms with van der Waals surface area (Å²) >= 11 is 0. The first kappa shape index (κ1) is 9.54. The largest absolute Gasteiger partial charge is 0.504 e. The number of phenolic OH excluding ortho intramolecular Hbond substituents is 2. The molecule has 0 aliphatic carbocycles. The topological polar surface area (TPSA) is 40.5 Å². The standard InChI is InChI=1S/C16H10O2/c17-13-8-11-5-4-9-2-1-3-10-6-7-12(16(13)18)15(11)14(9)10/h1-8,17-18H. The highest BCUT2D eigenvalue weighted by molar-refractivity contribution is 6.24. The van der Waals surface area contributed by atoms with E-state index >= 15 is 0 Å². The van der Waals surface area contributed by atoms with Gasteiger partial charge in [0.1, 0.15) is 0 Å². The summed E-state index contributed by atoms with van der Waals surface area (Å²) in [5.41, 5.74) is 0. The zero-order valence-electron chi connectivity index (χ0n) is 9.51. The van der Waals surface area contributed by atoms with Crippen LogP contribution in [0.25, 0.3) is 32.3 Å². The zero-order chi connectivity index (χ0) is 12.3. The van der Waals surface area contributed by atoms with Crippen LogP contribution in [0.15, 0.2) is 48.5 Å². The lowest BCUT2D eigenvalue weighted by Crippen LogP contribution is -1.84. The van der Waals surface area contributed by atoms with E-state index in [2.05, 4.69) is 12.1 Å². The van der Waals surface area contributed by atoms with Gasteiger partial charge in [-0.15, -0.1) is 0 Å². The van der Waals surface area contributed by atoms with Crippen LogP contribution < -0.4 is 0 Å². The molecule has 0 heterocycles. The summed E-state index contributed by atoms with van der Waals surface area (Å²) in [5.74, 6) is -0.110. The van der Waals surface area contributed by atoms with E-state index in [4.69, 9.17) is 0 Å². The van der Waals surface area contributed by atoms with E-state index < -0.39 is 0 Å². The van der Waals surface area contributed by atoms with E-state index in [1.54, 1.807) is 6.07 Å². The Morgan fingerprint density at radius 2 is 1.33 bits per heavy atom. The Morgan fingerprint density at radius 1 is 0.667 bits per heavy atom. The van der Waals surface area contributed by atoms with E-state index in [1.807, 2.05) is 30.3 Å². The van der Waals surface area contributed by atoms with Crippen LogP contribution in [0, 0.1) is 0 Å². The monoisotopic (exact) mass is 234 g/mol. The third kappa shape index (κ3) is 1.02. The molecule has 0 aliphatic heterocycles. The maximum atomic E-state index is 9.98. The molecule has 4 aromatic carbocycles. The van der Waals surface area contributed by atoms with Gasteiger partial charge < -0.3 is 10.2 Å². The van der Waals surface area contributed by atoms with Crippen LogP contribution in [-0.4, -0.2) is 10.2 Å². The molecule has 4 rings (SSSR count). The molecule has 0 aromatic heterocycles. The van der Waals surface area contributed by atoms with Gasteiger partial charge in [0.15, 0.2) is 11.5 Å². The number of aromatic hydroxyl groups is 2. The molecule has 0 aliphatic rings. The Bertz CT molecular complexity index is 878. The molecule has 18 heavy (non-hydrogen) atoms. The van der Waals surface area contributed by atoms with Crippen LogP contribution >= 0.6 is 0 Å². The van der Waals surface area contributed by atoms with Gasteiger partial charge in [0.25, 0.3) is 0 Å². The van der Waals surface area contributed by atoms with Crippen molar-refractivity contribution in [1.29, 1.82) is 0 Å². The van der Waals surface area contributed by atoms with Crippen LogP contribution in [0.3, 0.4) is 0 Å². The van der Waals surface area contributed by atoms with Crippen molar-refractivity contribution < 1.29 is 10.2 Å². The van der Waals surface area contributed by atoms with Crippen molar-refractivity contribution in [3.8, 4) is 11.5 Å². The molecule has 0 spiro atoms. The molecular weight excluding hydrogens is 224 g/mol. The van der Waals surface area contributed by atoms with Gasteiger partial charge in [-0.05, 0) is 33.7 Å². The Balaban J connectivity index is 2.46. The van der Waals surface area contributed by atoms with Crippen molar-refractivity contribution >= 4 is 32.3 Å². The fourth-order valence-electron chi connectivity index (χ4n) is 2.78. The van der Waals surface area contributed by atoms with Gasteiger partial charge in [-0.25, -0.2) is 0 Å². The number of phenols is 2. The van der Waals surface area contributed by atoms with Gasteiger partial charge in [0.05, 0.1) is 0 Å². The second kappa shape index (κ2) is 3.05. The second-order valence-electron chi connectivity index (χ2n) is 4.60. The highest BCUT2D eigenvalue weighted by Gasteiger charge is 2.13. The summed E-state index contributed by atoms with van der Waals surface area (Å²) in [6.07, 6.45) is 0. The molecule has 0 fully saturated rings. The van der Waals surface area contributed by atoms with Crippen molar-refractivity contribution in [2.75, 3.05) is 0 Å². The van der Waals surface area contributed by atoms with Crippen molar-refractivity contribution in [3.05, 3.63) is 48.5 Å². The Kier molecular flexibility index (Phi) is 1.61. The lowest BCUT2D eigenvalue weighted by molar-refractivity contribution is 0.408. The smallest absolute Gasteiger partial charge is 0.165 e. The van der Waals surface area contributed by atoms with Crippen molar-refractivity contribution in [2.24, 2.45) is 0 Å². The first-order chi connectivity index (χ1) is 8.75. The van der Waals surface area contributed by atoms with Crippen LogP contribution in [0.4, 0.5) is 0 Å². The first-order valence-electron chi connectivity index (χ1n) is 5.84. The van der Waals surface area contributed by atoms with Gasteiger partial charge in [-0.1, -0.05) is 36.4 Å². The summed E-state index contributed by atoms with van der Waals surface area (Å²) < 4.78 is 0. The minimum Gasteiger partial charge on any atom is -0.504 e. The van der Waals surface area contributed by atoms with Crippen molar-refractivity contribution in [2.45, 2.75) is 0 Å². The lowest BCUT2D eigenvalue weighted by Gasteiger charge is -2.12. The van der Waals surface area contributed by atoms with Crippen LogP contribution in [0.2, 0.25) is 0 Å². The Hall–Kier alpha value is -2.48. The predicted octanol–water partition coefficient (Wildman–Crippen LogP) is 4.00. The van der Waals surface area contributed by atoms with Gasteiger partial charge in [-0.3, -0.25) is 0 Å². The molecule has 0 bridgehead atoms. The van der Waals surface area contributed by atoms with E-state index in [1.165, 1.54) is 0 Å². The van der Waals surface area contributed by atoms with Crippen LogP contribution in [-0.2, 0) is 0 Å². The molecule has 0 saturated heterocycles. The van der Waals surface area contributed by atoms with Gasteiger partial charge >= 0.3 is 0 Å². The number of rotatable bonds is 0. The average Bonchev–Trinajstić information content (AvgIpc) is 2.40. The second-order valence-corrected chi connectivity index (χ2v) is 4.60. The van der Waals surface area contributed by atoms with E-state index in [0.29, 0.717) is 5.39 Å². The predicted molar refractivity (Wildman–Crippen MR) is 73.5 cm³/mol. The van der Waals surface area contributed by atoms with E-state index in [0.717, 1.165) is 26.9 Å². The summed E-state index contributed by atoms with van der Waals surface area (Å²) in [6, 6.07) is 15.6.